The molecule has 7 heteroatoms. The predicted octanol–water partition coefficient (Wildman–Crippen LogP) is 2.57. The number of hydrogen-bond donors (Lipinski definition) is 1. The fraction of sp³-hybridized carbons (Fsp3) is 0.600. The smallest absolute Gasteiger partial charge is 0.406 e. The lowest BCUT2D eigenvalue weighted by Crippen LogP contribution is -2.33. The van der Waals surface area contributed by atoms with Gasteiger partial charge >= 0.3 is 6.36 Å². The predicted molar refractivity (Wildman–Crippen MR) is 76.8 cm³/mol. The van der Waals surface area contributed by atoms with Gasteiger partial charge < -0.3 is 14.8 Å². The molecule has 22 heavy (non-hydrogen) atoms. The Morgan fingerprint density at radius 3 is 2.77 bits per heavy atom. The number of likely N-dealkylation sites (N-methyl/N-ethyl adjacent to an activating group) is 1. The topological polar surface area (TPSA) is 33.7 Å². The normalized spacial score (nSPS) is 21.0. The standard InChI is InChI=1S/C15H21F3N2O2/c1-19-14(10-20-7-6-13(9-20)21-2)11-4-3-5-12(8-11)22-15(16,17)18/h3-5,8,13-14,19H,6-7,9-10H2,1-2H3/t13-,14+/m0/s1. The fourth-order valence-electron chi connectivity index (χ4n) is 2.71. The summed E-state index contributed by atoms with van der Waals surface area (Å²) in [6.07, 6.45) is -3.46. The lowest BCUT2D eigenvalue weighted by Gasteiger charge is -2.24. The summed E-state index contributed by atoms with van der Waals surface area (Å²) in [6, 6.07) is 6.04. The van der Waals surface area contributed by atoms with Crippen LogP contribution in [0.25, 0.3) is 0 Å². The van der Waals surface area contributed by atoms with Crippen molar-refractivity contribution in [3.63, 3.8) is 0 Å². The highest BCUT2D eigenvalue weighted by molar-refractivity contribution is 5.31. The Bertz CT molecular complexity index is 482. The monoisotopic (exact) mass is 318 g/mol. The SMILES string of the molecule is CN[C@H](CN1CC[C@H](OC)C1)c1cccc(OC(F)(F)F)c1. The van der Waals surface area contributed by atoms with Crippen molar-refractivity contribution >= 4 is 0 Å². The molecule has 0 radical (unpaired) electrons. The van der Waals surface area contributed by atoms with Gasteiger partial charge in [0.2, 0.25) is 0 Å². The van der Waals surface area contributed by atoms with Crippen molar-refractivity contribution < 1.29 is 22.6 Å². The molecule has 2 rings (SSSR count). The van der Waals surface area contributed by atoms with E-state index in [0.717, 1.165) is 25.1 Å². The van der Waals surface area contributed by atoms with E-state index in [9.17, 15) is 13.2 Å². The molecule has 4 nitrogen and oxygen atoms in total. The van der Waals surface area contributed by atoms with Crippen molar-refractivity contribution in [3.8, 4) is 5.75 Å². The Balaban J connectivity index is 2.03. The van der Waals surface area contributed by atoms with Crippen LogP contribution in [0.15, 0.2) is 24.3 Å². The minimum atomic E-state index is -4.67. The molecular formula is C15H21F3N2O2. The molecule has 1 fully saturated rings. The molecule has 0 spiro atoms. The highest BCUT2D eigenvalue weighted by atomic mass is 19.4. The summed E-state index contributed by atoms with van der Waals surface area (Å²) in [7, 11) is 3.49. The number of ether oxygens (including phenoxy) is 2. The molecule has 1 N–H and O–H groups in total. The van der Waals surface area contributed by atoms with Crippen molar-refractivity contribution in [3.05, 3.63) is 29.8 Å². The minimum Gasteiger partial charge on any atom is -0.406 e. The second-order valence-corrected chi connectivity index (χ2v) is 5.37. The number of benzene rings is 1. The molecule has 1 aromatic carbocycles. The third-order valence-electron chi connectivity index (χ3n) is 3.85. The molecule has 0 aromatic heterocycles. The van der Waals surface area contributed by atoms with Crippen molar-refractivity contribution in [2.45, 2.75) is 24.9 Å². The first-order chi connectivity index (χ1) is 10.4. The highest BCUT2D eigenvalue weighted by Crippen LogP contribution is 2.26. The van der Waals surface area contributed by atoms with Gasteiger partial charge in [0, 0.05) is 32.8 Å². The second kappa shape index (κ2) is 7.30. The molecule has 2 atom stereocenters. The molecule has 0 unspecified atom stereocenters. The van der Waals surface area contributed by atoms with Crippen molar-refractivity contribution in [1.29, 1.82) is 0 Å². The third kappa shape index (κ3) is 4.86. The zero-order valence-electron chi connectivity index (χ0n) is 12.7. The lowest BCUT2D eigenvalue weighted by atomic mass is 10.1. The van der Waals surface area contributed by atoms with E-state index >= 15 is 0 Å². The van der Waals surface area contributed by atoms with Crippen LogP contribution in [0.5, 0.6) is 5.75 Å². The summed E-state index contributed by atoms with van der Waals surface area (Å²) < 4.78 is 46.2. The van der Waals surface area contributed by atoms with Crippen LogP contribution in [0.2, 0.25) is 0 Å². The summed E-state index contributed by atoms with van der Waals surface area (Å²) in [5.74, 6) is -0.193. The number of rotatable bonds is 6. The van der Waals surface area contributed by atoms with E-state index in [4.69, 9.17) is 4.74 Å². The average Bonchev–Trinajstić information content (AvgIpc) is 2.91. The summed E-state index contributed by atoms with van der Waals surface area (Å²) in [5.41, 5.74) is 0.769. The van der Waals surface area contributed by atoms with Crippen molar-refractivity contribution in [2.75, 3.05) is 33.8 Å². The first-order valence-electron chi connectivity index (χ1n) is 7.19. The van der Waals surface area contributed by atoms with E-state index in [0.29, 0.717) is 6.54 Å². The number of likely N-dealkylation sites (tertiary alicyclic amines) is 1. The minimum absolute atomic E-state index is 0.0626. The Labute approximate surface area is 128 Å². The largest absolute Gasteiger partial charge is 0.573 e. The molecule has 0 bridgehead atoms. The number of hydrogen-bond acceptors (Lipinski definition) is 4. The van der Waals surface area contributed by atoms with Gasteiger partial charge in [-0.2, -0.15) is 0 Å². The number of nitrogens with one attached hydrogen (secondary N) is 1. The van der Waals surface area contributed by atoms with Gasteiger partial charge in [0.05, 0.1) is 6.10 Å². The van der Waals surface area contributed by atoms with Gasteiger partial charge in [-0.15, -0.1) is 13.2 Å². The zero-order valence-corrected chi connectivity index (χ0v) is 12.7. The van der Waals surface area contributed by atoms with Gasteiger partial charge in [0.1, 0.15) is 5.75 Å². The zero-order chi connectivity index (χ0) is 16.2. The molecule has 1 aromatic rings. The summed E-state index contributed by atoms with van der Waals surface area (Å²) in [5, 5.41) is 3.15. The molecule has 0 aliphatic carbocycles. The van der Waals surface area contributed by atoms with Crippen LogP contribution in [0.1, 0.15) is 18.0 Å². The first kappa shape index (κ1) is 17.1. The van der Waals surface area contributed by atoms with Crippen LogP contribution < -0.4 is 10.1 Å². The van der Waals surface area contributed by atoms with Gasteiger partial charge in [-0.3, -0.25) is 4.90 Å². The Morgan fingerprint density at radius 2 is 2.18 bits per heavy atom. The maximum absolute atomic E-state index is 12.3. The number of nitrogens with zero attached hydrogens (tertiary/aromatic N) is 1. The summed E-state index contributed by atoms with van der Waals surface area (Å²) >= 11 is 0. The molecule has 1 heterocycles. The van der Waals surface area contributed by atoms with Crippen LogP contribution in [-0.4, -0.2) is 51.2 Å². The molecule has 1 aliphatic rings. The maximum Gasteiger partial charge on any atom is 0.573 e. The van der Waals surface area contributed by atoms with E-state index < -0.39 is 6.36 Å². The van der Waals surface area contributed by atoms with Crippen LogP contribution >= 0.6 is 0 Å². The maximum atomic E-state index is 12.3. The van der Waals surface area contributed by atoms with Gasteiger partial charge in [0.15, 0.2) is 0 Å². The van der Waals surface area contributed by atoms with Gasteiger partial charge in [0.25, 0.3) is 0 Å². The van der Waals surface area contributed by atoms with Crippen LogP contribution in [0.4, 0.5) is 13.2 Å². The fourth-order valence-corrected chi connectivity index (χ4v) is 2.71. The molecule has 1 saturated heterocycles. The number of halogens is 3. The second-order valence-electron chi connectivity index (χ2n) is 5.37. The van der Waals surface area contributed by atoms with E-state index in [1.807, 2.05) is 0 Å². The van der Waals surface area contributed by atoms with E-state index in [2.05, 4.69) is 15.0 Å². The van der Waals surface area contributed by atoms with Crippen LogP contribution in [0.3, 0.4) is 0 Å². The third-order valence-corrected chi connectivity index (χ3v) is 3.85. The van der Waals surface area contributed by atoms with Crippen molar-refractivity contribution in [1.82, 2.24) is 10.2 Å². The molecular weight excluding hydrogens is 297 g/mol. The lowest BCUT2D eigenvalue weighted by molar-refractivity contribution is -0.274. The molecule has 1 aliphatic heterocycles. The molecule has 124 valence electrons. The summed E-state index contributed by atoms with van der Waals surface area (Å²) in [6.45, 7) is 2.48. The van der Waals surface area contributed by atoms with Crippen LogP contribution in [-0.2, 0) is 4.74 Å². The summed E-state index contributed by atoms with van der Waals surface area (Å²) in [4.78, 5) is 2.24. The van der Waals surface area contributed by atoms with Gasteiger partial charge in [-0.25, -0.2) is 0 Å². The van der Waals surface area contributed by atoms with Crippen molar-refractivity contribution in [2.24, 2.45) is 0 Å². The van der Waals surface area contributed by atoms with E-state index in [1.165, 1.54) is 12.1 Å². The number of alkyl halides is 3. The number of methoxy groups -OCH3 is 1. The first-order valence-corrected chi connectivity index (χ1v) is 7.19. The Morgan fingerprint density at radius 1 is 1.41 bits per heavy atom. The quantitative estimate of drug-likeness (QED) is 0.874. The van der Waals surface area contributed by atoms with E-state index in [1.54, 1.807) is 26.3 Å². The van der Waals surface area contributed by atoms with E-state index in [-0.39, 0.29) is 17.9 Å². The molecule has 0 saturated carbocycles. The highest BCUT2D eigenvalue weighted by Gasteiger charge is 2.31. The van der Waals surface area contributed by atoms with Crippen LogP contribution in [0, 0.1) is 0 Å². The Kier molecular flexibility index (Phi) is 5.66. The van der Waals surface area contributed by atoms with Gasteiger partial charge in [-0.05, 0) is 31.2 Å². The average molecular weight is 318 g/mol. The Hall–Kier alpha value is -1.31. The molecule has 0 amide bonds. The van der Waals surface area contributed by atoms with Gasteiger partial charge in [-0.1, -0.05) is 12.1 Å².